The van der Waals surface area contributed by atoms with Crippen molar-refractivity contribution in [1.82, 2.24) is 0 Å². The Morgan fingerprint density at radius 2 is 2.00 bits per heavy atom. The van der Waals surface area contributed by atoms with E-state index in [4.69, 9.17) is 33.7 Å². The summed E-state index contributed by atoms with van der Waals surface area (Å²) in [4.78, 5) is 0. The largest absolute Gasteiger partial charge is 0.495 e. The van der Waals surface area contributed by atoms with E-state index < -0.39 is 0 Å². The summed E-state index contributed by atoms with van der Waals surface area (Å²) in [6.45, 7) is 0. The van der Waals surface area contributed by atoms with Gasteiger partial charge in [-0.1, -0.05) is 23.2 Å². The summed E-state index contributed by atoms with van der Waals surface area (Å²) < 4.78 is 5.06. The highest BCUT2D eigenvalue weighted by molar-refractivity contribution is 6.34. The summed E-state index contributed by atoms with van der Waals surface area (Å²) >= 11 is 12.1. The zero-order chi connectivity index (χ0) is 10.3. The van der Waals surface area contributed by atoms with Crippen molar-refractivity contribution in [2.24, 2.45) is 5.73 Å². The summed E-state index contributed by atoms with van der Waals surface area (Å²) in [5.41, 5.74) is 6.79. The van der Waals surface area contributed by atoms with Crippen LogP contribution >= 0.6 is 23.2 Å². The molecule has 1 saturated carbocycles. The molecule has 2 rings (SSSR count). The minimum absolute atomic E-state index is 0.233. The third kappa shape index (κ3) is 1.70. The maximum atomic E-state index is 6.09. The van der Waals surface area contributed by atoms with E-state index in [1.807, 2.05) is 6.07 Å². The molecule has 0 amide bonds. The molecule has 2 unspecified atom stereocenters. The summed E-state index contributed by atoms with van der Waals surface area (Å²) in [5.74, 6) is 0.973. The first kappa shape index (κ1) is 10.1. The zero-order valence-electron chi connectivity index (χ0n) is 7.76. The van der Waals surface area contributed by atoms with Crippen molar-refractivity contribution in [3.63, 3.8) is 0 Å². The number of rotatable bonds is 2. The van der Waals surface area contributed by atoms with E-state index in [0.29, 0.717) is 21.7 Å². The fraction of sp³-hybridized carbons (Fsp3) is 0.400. The molecular formula is C10H11Cl2NO. The third-order valence-electron chi connectivity index (χ3n) is 2.51. The smallest absolute Gasteiger partial charge is 0.138 e. The number of methoxy groups -OCH3 is 1. The van der Waals surface area contributed by atoms with Gasteiger partial charge in [-0.2, -0.15) is 0 Å². The van der Waals surface area contributed by atoms with Crippen LogP contribution in [-0.4, -0.2) is 13.2 Å². The van der Waals surface area contributed by atoms with Gasteiger partial charge in [0.2, 0.25) is 0 Å². The summed E-state index contributed by atoms with van der Waals surface area (Å²) in [7, 11) is 1.57. The third-order valence-corrected chi connectivity index (χ3v) is 3.13. The normalized spacial score (nSPS) is 24.9. The van der Waals surface area contributed by atoms with Crippen LogP contribution in [0.15, 0.2) is 12.1 Å². The fourth-order valence-electron chi connectivity index (χ4n) is 1.56. The van der Waals surface area contributed by atoms with E-state index >= 15 is 0 Å². The fourth-order valence-corrected chi connectivity index (χ4v) is 2.10. The number of nitrogens with two attached hydrogens (primary N) is 1. The van der Waals surface area contributed by atoms with Crippen molar-refractivity contribution >= 4 is 23.2 Å². The Hall–Kier alpha value is -0.440. The highest BCUT2D eigenvalue weighted by atomic mass is 35.5. The van der Waals surface area contributed by atoms with E-state index in [1.165, 1.54) is 0 Å². The highest BCUT2D eigenvalue weighted by Crippen LogP contribution is 2.45. The van der Waals surface area contributed by atoms with Gasteiger partial charge in [0.05, 0.1) is 12.1 Å². The quantitative estimate of drug-likeness (QED) is 0.850. The molecule has 2 nitrogen and oxygen atoms in total. The number of hydrogen-bond donors (Lipinski definition) is 1. The Morgan fingerprint density at radius 3 is 2.50 bits per heavy atom. The minimum Gasteiger partial charge on any atom is -0.495 e. The van der Waals surface area contributed by atoms with Gasteiger partial charge in [0.25, 0.3) is 0 Å². The predicted molar refractivity (Wildman–Crippen MR) is 58.3 cm³/mol. The van der Waals surface area contributed by atoms with Crippen LogP contribution in [-0.2, 0) is 0 Å². The molecule has 0 aromatic heterocycles. The van der Waals surface area contributed by atoms with Crippen molar-refractivity contribution in [3.8, 4) is 5.75 Å². The van der Waals surface area contributed by atoms with Crippen LogP contribution in [0.2, 0.25) is 10.0 Å². The van der Waals surface area contributed by atoms with Crippen LogP contribution in [0.4, 0.5) is 0 Å². The maximum Gasteiger partial charge on any atom is 0.138 e. The molecule has 0 bridgehead atoms. The first-order valence-electron chi connectivity index (χ1n) is 4.42. The molecule has 0 heterocycles. The predicted octanol–water partition coefficient (Wildman–Crippen LogP) is 2.82. The van der Waals surface area contributed by atoms with Gasteiger partial charge in [-0.3, -0.25) is 0 Å². The molecule has 0 aliphatic heterocycles. The molecule has 1 aliphatic carbocycles. The van der Waals surface area contributed by atoms with Crippen molar-refractivity contribution < 1.29 is 4.74 Å². The minimum atomic E-state index is 0.233. The van der Waals surface area contributed by atoms with E-state index in [-0.39, 0.29) is 6.04 Å². The lowest BCUT2D eigenvalue weighted by atomic mass is 10.1. The molecular weight excluding hydrogens is 221 g/mol. The second kappa shape index (κ2) is 3.61. The molecule has 0 saturated heterocycles. The standard InChI is InChI=1S/C10H11Cl2NO/c1-14-10-4-7(11)5(2-8(10)12)6-3-9(6)13/h2,4,6,9H,3,13H2,1H3. The lowest BCUT2D eigenvalue weighted by Gasteiger charge is -2.07. The Balaban J connectivity index is 2.38. The van der Waals surface area contributed by atoms with Crippen molar-refractivity contribution in [2.45, 2.75) is 18.4 Å². The molecule has 1 aromatic rings. The van der Waals surface area contributed by atoms with E-state index in [1.54, 1.807) is 13.2 Å². The molecule has 1 aliphatic rings. The summed E-state index contributed by atoms with van der Waals surface area (Å²) in [6, 6.07) is 3.82. The molecule has 2 N–H and O–H groups in total. The van der Waals surface area contributed by atoms with Gasteiger partial charge in [-0.05, 0) is 18.1 Å². The van der Waals surface area contributed by atoms with Gasteiger partial charge < -0.3 is 10.5 Å². The number of halogens is 2. The second-order valence-electron chi connectivity index (χ2n) is 3.51. The Bertz CT molecular complexity index is 367. The average Bonchev–Trinajstić information content (AvgIpc) is 2.86. The van der Waals surface area contributed by atoms with E-state index in [9.17, 15) is 0 Å². The first-order valence-corrected chi connectivity index (χ1v) is 5.17. The lowest BCUT2D eigenvalue weighted by Crippen LogP contribution is -2.01. The van der Waals surface area contributed by atoms with E-state index in [2.05, 4.69) is 0 Å². The van der Waals surface area contributed by atoms with Crippen LogP contribution in [0.5, 0.6) is 5.75 Å². The van der Waals surface area contributed by atoms with Crippen LogP contribution in [0.1, 0.15) is 17.9 Å². The van der Waals surface area contributed by atoms with Crippen molar-refractivity contribution in [1.29, 1.82) is 0 Å². The second-order valence-corrected chi connectivity index (χ2v) is 4.33. The molecule has 1 aromatic carbocycles. The van der Waals surface area contributed by atoms with E-state index in [0.717, 1.165) is 12.0 Å². The lowest BCUT2D eigenvalue weighted by molar-refractivity contribution is 0.415. The molecule has 0 spiro atoms. The monoisotopic (exact) mass is 231 g/mol. The van der Waals surface area contributed by atoms with Crippen LogP contribution in [0.3, 0.4) is 0 Å². The SMILES string of the molecule is COc1cc(Cl)c(C2CC2N)cc1Cl. The Labute approximate surface area is 92.9 Å². The van der Waals surface area contributed by atoms with Crippen molar-refractivity contribution in [3.05, 3.63) is 27.7 Å². The summed E-state index contributed by atoms with van der Waals surface area (Å²) in [6.07, 6.45) is 0.988. The van der Waals surface area contributed by atoms with Gasteiger partial charge in [0, 0.05) is 23.0 Å². The molecule has 4 heteroatoms. The molecule has 1 fully saturated rings. The maximum absolute atomic E-state index is 6.09. The first-order chi connectivity index (χ1) is 6.63. The molecule has 76 valence electrons. The topological polar surface area (TPSA) is 35.2 Å². The van der Waals surface area contributed by atoms with Gasteiger partial charge in [0.1, 0.15) is 5.75 Å². The Morgan fingerprint density at radius 1 is 1.36 bits per heavy atom. The van der Waals surface area contributed by atoms with Gasteiger partial charge in [-0.15, -0.1) is 0 Å². The van der Waals surface area contributed by atoms with Gasteiger partial charge in [0.15, 0.2) is 0 Å². The van der Waals surface area contributed by atoms with Crippen molar-refractivity contribution in [2.75, 3.05) is 7.11 Å². The van der Waals surface area contributed by atoms with Gasteiger partial charge >= 0.3 is 0 Å². The van der Waals surface area contributed by atoms with Crippen LogP contribution in [0, 0.1) is 0 Å². The number of ether oxygens (including phenoxy) is 1. The van der Waals surface area contributed by atoms with Gasteiger partial charge in [-0.25, -0.2) is 0 Å². The molecule has 14 heavy (non-hydrogen) atoms. The highest BCUT2D eigenvalue weighted by Gasteiger charge is 2.36. The van der Waals surface area contributed by atoms with Crippen LogP contribution < -0.4 is 10.5 Å². The average molecular weight is 232 g/mol. The number of benzene rings is 1. The molecule has 0 radical (unpaired) electrons. The zero-order valence-corrected chi connectivity index (χ0v) is 9.27. The Kier molecular flexibility index (Phi) is 2.60. The number of hydrogen-bond acceptors (Lipinski definition) is 2. The molecule has 2 atom stereocenters. The summed E-state index contributed by atoms with van der Waals surface area (Å²) in [5, 5.41) is 1.27. The van der Waals surface area contributed by atoms with Crippen LogP contribution in [0.25, 0.3) is 0 Å².